The van der Waals surface area contributed by atoms with Gasteiger partial charge >= 0.3 is 0 Å². The first-order valence-electron chi connectivity index (χ1n) is 5.63. The molecule has 1 aliphatic carbocycles. The number of hydrogen-bond acceptors (Lipinski definition) is 3. The smallest absolute Gasteiger partial charge is 0.253 e. The zero-order valence-corrected chi connectivity index (χ0v) is 11.5. The van der Waals surface area contributed by atoms with E-state index in [9.17, 15) is 4.79 Å². The van der Waals surface area contributed by atoms with Gasteiger partial charge in [0.25, 0.3) is 5.91 Å². The van der Waals surface area contributed by atoms with E-state index in [2.05, 4.69) is 40.1 Å². The van der Waals surface area contributed by atoms with Crippen molar-refractivity contribution in [2.24, 2.45) is 5.92 Å². The van der Waals surface area contributed by atoms with Crippen LogP contribution in [0.25, 0.3) is 0 Å². The number of halogens is 1. The van der Waals surface area contributed by atoms with E-state index in [0.717, 1.165) is 0 Å². The molecule has 1 fully saturated rings. The molecule has 1 aromatic rings. The molecule has 1 amide bonds. The van der Waals surface area contributed by atoms with E-state index in [4.69, 9.17) is 5.73 Å². The highest BCUT2D eigenvalue weighted by molar-refractivity contribution is 9.10. The van der Waals surface area contributed by atoms with Crippen molar-refractivity contribution in [1.29, 1.82) is 0 Å². The Morgan fingerprint density at radius 1 is 1.59 bits per heavy atom. The van der Waals surface area contributed by atoms with Crippen molar-refractivity contribution in [2.45, 2.75) is 32.2 Å². The van der Waals surface area contributed by atoms with Gasteiger partial charge in [0.1, 0.15) is 5.82 Å². The van der Waals surface area contributed by atoms with E-state index in [1.807, 2.05) is 0 Å². The van der Waals surface area contributed by atoms with E-state index in [1.165, 1.54) is 12.8 Å². The average Bonchev–Trinajstić information content (AvgIpc) is 3.04. The number of nitrogens with zero attached hydrogens (tertiary/aromatic N) is 1. The van der Waals surface area contributed by atoms with Crippen molar-refractivity contribution in [3.8, 4) is 0 Å². The van der Waals surface area contributed by atoms with E-state index >= 15 is 0 Å². The van der Waals surface area contributed by atoms with Crippen LogP contribution in [0.2, 0.25) is 0 Å². The number of anilines is 1. The van der Waals surface area contributed by atoms with Gasteiger partial charge in [-0.3, -0.25) is 4.79 Å². The van der Waals surface area contributed by atoms with Gasteiger partial charge in [0.05, 0.1) is 5.56 Å². The summed E-state index contributed by atoms with van der Waals surface area (Å²) in [6, 6.07) is 1.59. The Labute approximate surface area is 109 Å². The molecule has 17 heavy (non-hydrogen) atoms. The molecule has 0 saturated heterocycles. The summed E-state index contributed by atoms with van der Waals surface area (Å²) in [6.07, 6.45) is 3.92. The van der Waals surface area contributed by atoms with Crippen molar-refractivity contribution in [2.75, 3.05) is 5.73 Å². The third kappa shape index (κ3) is 2.77. The topological polar surface area (TPSA) is 68.0 Å². The molecule has 2 rings (SSSR count). The molecular formula is C12H16BrN3O. The minimum Gasteiger partial charge on any atom is -0.384 e. The van der Waals surface area contributed by atoms with Crippen LogP contribution in [0.3, 0.4) is 0 Å². The summed E-state index contributed by atoms with van der Waals surface area (Å²) >= 11 is 3.31. The first-order chi connectivity index (χ1) is 7.90. The molecule has 0 unspecified atom stereocenters. The third-order valence-corrected chi connectivity index (χ3v) is 3.79. The highest BCUT2D eigenvalue weighted by Gasteiger charge is 2.39. The lowest BCUT2D eigenvalue weighted by molar-refractivity contribution is 0.0902. The average molecular weight is 298 g/mol. The first-order valence-corrected chi connectivity index (χ1v) is 6.43. The summed E-state index contributed by atoms with van der Waals surface area (Å²) in [5.41, 5.74) is 5.96. The number of pyridine rings is 1. The maximum absolute atomic E-state index is 12.1. The fourth-order valence-electron chi connectivity index (χ4n) is 1.90. The SMILES string of the molecule is CC(C)(NC(=O)c1cc(N)ncc1Br)C1CC1. The number of carbonyl (C=O) groups is 1. The molecule has 92 valence electrons. The maximum Gasteiger partial charge on any atom is 0.253 e. The highest BCUT2D eigenvalue weighted by atomic mass is 79.9. The number of nitrogens with two attached hydrogens (primary N) is 1. The van der Waals surface area contributed by atoms with Crippen LogP contribution in [-0.4, -0.2) is 16.4 Å². The molecule has 0 spiro atoms. The number of nitrogen functional groups attached to an aromatic ring is 1. The predicted octanol–water partition coefficient (Wildman–Crippen LogP) is 2.34. The van der Waals surface area contributed by atoms with E-state index in [1.54, 1.807) is 12.3 Å². The molecule has 0 radical (unpaired) electrons. The summed E-state index contributed by atoms with van der Waals surface area (Å²) in [5, 5.41) is 3.05. The fourth-order valence-corrected chi connectivity index (χ4v) is 2.29. The molecule has 0 atom stereocenters. The Kier molecular flexibility index (Phi) is 3.12. The monoisotopic (exact) mass is 297 g/mol. The summed E-state index contributed by atoms with van der Waals surface area (Å²) in [6.45, 7) is 4.11. The van der Waals surface area contributed by atoms with Crippen molar-refractivity contribution in [3.63, 3.8) is 0 Å². The normalized spacial score (nSPS) is 15.7. The van der Waals surface area contributed by atoms with Crippen LogP contribution in [0.5, 0.6) is 0 Å². The maximum atomic E-state index is 12.1. The summed E-state index contributed by atoms with van der Waals surface area (Å²) in [7, 11) is 0. The molecule has 1 aromatic heterocycles. The fraction of sp³-hybridized carbons (Fsp3) is 0.500. The molecule has 1 aliphatic rings. The van der Waals surface area contributed by atoms with Gasteiger partial charge < -0.3 is 11.1 Å². The van der Waals surface area contributed by atoms with E-state index in [0.29, 0.717) is 21.8 Å². The first kappa shape index (κ1) is 12.4. The quantitative estimate of drug-likeness (QED) is 0.900. The Morgan fingerprint density at radius 2 is 2.24 bits per heavy atom. The van der Waals surface area contributed by atoms with E-state index in [-0.39, 0.29) is 11.4 Å². The predicted molar refractivity (Wildman–Crippen MR) is 70.6 cm³/mol. The zero-order valence-electron chi connectivity index (χ0n) is 9.96. The lowest BCUT2D eigenvalue weighted by atomic mass is 9.98. The lowest BCUT2D eigenvalue weighted by Gasteiger charge is -2.26. The molecule has 5 heteroatoms. The lowest BCUT2D eigenvalue weighted by Crippen LogP contribution is -2.45. The van der Waals surface area contributed by atoms with Crippen LogP contribution in [0.1, 0.15) is 37.0 Å². The Morgan fingerprint density at radius 3 is 2.82 bits per heavy atom. The number of rotatable bonds is 3. The summed E-state index contributed by atoms with van der Waals surface area (Å²) in [4.78, 5) is 16.1. The van der Waals surface area contributed by atoms with Gasteiger partial charge in [0.15, 0.2) is 0 Å². The Bertz CT molecular complexity index is 455. The highest BCUT2D eigenvalue weighted by Crippen LogP contribution is 2.39. The van der Waals surface area contributed by atoms with Crippen molar-refractivity contribution >= 4 is 27.7 Å². The largest absolute Gasteiger partial charge is 0.384 e. The standard InChI is InChI=1S/C12H16BrN3O/c1-12(2,7-3-4-7)16-11(17)8-5-10(14)15-6-9(8)13/h5-7H,3-4H2,1-2H3,(H2,14,15)(H,16,17). The minimum atomic E-state index is -0.158. The molecule has 3 N–H and O–H groups in total. The molecule has 0 aliphatic heterocycles. The van der Waals surface area contributed by atoms with Gasteiger partial charge in [0, 0.05) is 16.2 Å². The Hall–Kier alpha value is -1.10. The minimum absolute atomic E-state index is 0.108. The van der Waals surface area contributed by atoms with Crippen LogP contribution in [0, 0.1) is 5.92 Å². The molecule has 0 aromatic carbocycles. The van der Waals surface area contributed by atoms with Crippen LogP contribution in [0.15, 0.2) is 16.7 Å². The number of nitrogens with one attached hydrogen (secondary N) is 1. The third-order valence-electron chi connectivity index (χ3n) is 3.15. The van der Waals surface area contributed by atoms with Crippen molar-refractivity contribution < 1.29 is 4.79 Å². The van der Waals surface area contributed by atoms with Gasteiger partial charge in [0.2, 0.25) is 0 Å². The molecule has 1 heterocycles. The second-order valence-corrected chi connectivity index (χ2v) is 5.89. The van der Waals surface area contributed by atoms with Gasteiger partial charge in [-0.2, -0.15) is 0 Å². The van der Waals surface area contributed by atoms with Crippen LogP contribution in [0.4, 0.5) is 5.82 Å². The van der Waals surface area contributed by atoms with Gasteiger partial charge in [-0.1, -0.05) is 0 Å². The number of amides is 1. The number of hydrogen-bond donors (Lipinski definition) is 2. The summed E-state index contributed by atoms with van der Waals surface area (Å²) in [5.74, 6) is 0.829. The van der Waals surface area contributed by atoms with E-state index < -0.39 is 0 Å². The van der Waals surface area contributed by atoms with Gasteiger partial charge in [-0.25, -0.2) is 4.98 Å². The number of aromatic nitrogens is 1. The second-order valence-electron chi connectivity index (χ2n) is 5.04. The molecule has 4 nitrogen and oxygen atoms in total. The zero-order chi connectivity index (χ0) is 12.6. The molecule has 0 bridgehead atoms. The van der Waals surface area contributed by atoms with Crippen molar-refractivity contribution in [3.05, 3.63) is 22.3 Å². The van der Waals surface area contributed by atoms with Crippen molar-refractivity contribution in [1.82, 2.24) is 10.3 Å². The summed E-state index contributed by atoms with van der Waals surface area (Å²) < 4.78 is 0.663. The van der Waals surface area contributed by atoms with Crippen LogP contribution >= 0.6 is 15.9 Å². The van der Waals surface area contributed by atoms with Gasteiger partial charge in [-0.05, 0) is 54.6 Å². The second kappa shape index (κ2) is 4.29. The molecule has 1 saturated carbocycles. The Balaban J connectivity index is 2.16. The molecular weight excluding hydrogens is 282 g/mol. The van der Waals surface area contributed by atoms with Gasteiger partial charge in [-0.15, -0.1) is 0 Å². The van der Waals surface area contributed by atoms with Crippen LogP contribution < -0.4 is 11.1 Å². The van der Waals surface area contributed by atoms with Crippen LogP contribution in [-0.2, 0) is 0 Å². The number of carbonyl (C=O) groups excluding carboxylic acids is 1.